The Morgan fingerprint density at radius 1 is 1.21 bits per heavy atom. The third-order valence-corrected chi connectivity index (χ3v) is 4.56. The number of carbonyl (C=O) groups excluding carboxylic acids is 2. The highest BCUT2D eigenvalue weighted by Gasteiger charge is 2.36. The van der Waals surface area contributed by atoms with Crippen molar-refractivity contribution < 1.29 is 23.5 Å². The van der Waals surface area contributed by atoms with E-state index in [-0.39, 0.29) is 28.5 Å². The van der Waals surface area contributed by atoms with Crippen molar-refractivity contribution in [3.63, 3.8) is 0 Å². The van der Waals surface area contributed by atoms with Crippen LogP contribution >= 0.6 is 11.6 Å². The van der Waals surface area contributed by atoms with Crippen LogP contribution in [0.15, 0.2) is 48.0 Å². The fourth-order valence-corrected chi connectivity index (χ4v) is 3.25. The number of halogens is 2. The number of amides is 2. The van der Waals surface area contributed by atoms with Gasteiger partial charge >= 0.3 is 12.0 Å². The van der Waals surface area contributed by atoms with Gasteiger partial charge in [-0.05, 0) is 48.9 Å². The average molecular weight is 405 g/mol. The molecule has 0 fully saturated rings. The topological polar surface area (TPSA) is 76.7 Å². The van der Waals surface area contributed by atoms with E-state index in [1.807, 2.05) is 0 Å². The molecule has 0 aromatic heterocycles. The van der Waals surface area contributed by atoms with Crippen LogP contribution in [-0.2, 0) is 9.53 Å². The number of nitrogens with one attached hydrogen (secondary N) is 2. The lowest BCUT2D eigenvalue weighted by Crippen LogP contribution is -2.45. The second-order valence-electron chi connectivity index (χ2n) is 5.90. The number of methoxy groups -OCH3 is 1. The van der Waals surface area contributed by atoms with Gasteiger partial charge in [-0.1, -0.05) is 17.7 Å². The van der Waals surface area contributed by atoms with E-state index in [1.54, 1.807) is 31.2 Å². The van der Waals surface area contributed by atoms with Gasteiger partial charge in [-0.15, -0.1) is 0 Å². The van der Waals surface area contributed by atoms with E-state index in [0.717, 1.165) is 0 Å². The SMILES string of the molecule is CCOC(=O)C1=C(c2ccc(OC)cc2)NC(=O)NC1c1c(F)cccc1Cl. The van der Waals surface area contributed by atoms with Crippen LogP contribution in [0, 0.1) is 5.82 Å². The molecular formula is C20H18ClFN2O4. The summed E-state index contributed by atoms with van der Waals surface area (Å²) in [6, 6.07) is 9.17. The zero-order chi connectivity index (χ0) is 20.3. The molecule has 2 aromatic rings. The highest BCUT2D eigenvalue weighted by atomic mass is 35.5. The molecule has 0 radical (unpaired) electrons. The Bertz CT molecular complexity index is 923. The van der Waals surface area contributed by atoms with E-state index in [0.29, 0.717) is 11.3 Å². The summed E-state index contributed by atoms with van der Waals surface area (Å²) in [5.41, 5.74) is 0.803. The number of benzene rings is 2. The van der Waals surface area contributed by atoms with E-state index in [1.165, 1.54) is 25.3 Å². The average Bonchev–Trinajstić information content (AvgIpc) is 2.67. The molecule has 1 heterocycles. The minimum atomic E-state index is -1.11. The molecule has 1 aliphatic rings. The molecule has 2 aromatic carbocycles. The lowest BCUT2D eigenvalue weighted by molar-refractivity contribution is -0.138. The van der Waals surface area contributed by atoms with Crippen molar-refractivity contribution in [3.05, 3.63) is 70.0 Å². The fraction of sp³-hybridized carbons (Fsp3) is 0.200. The summed E-state index contributed by atoms with van der Waals surface area (Å²) >= 11 is 6.19. The fourth-order valence-electron chi connectivity index (χ4n) is 2.98. The Balaban J connectivity index is 2.22. The summed E-state index contributed by atoms with van der Waals surface area (Å²) in [6.07, 6.45) is 0. The maximum atomic E-state index is 14.6. The van der Waals surface area contributed by atoms with E-state index in [2.05, 4.69) is 10.6 Å². The highest BCUT2D eigenvalue weighted by Crippen LogP contribution is 2.36. The standard InChI is InChI=1S/C20H18ClFN2O4/c1-3-28-19(25)16-17(11-7-9-12(27-2)10-8-11)23-20(26)24-18(16)15-13(21)5-4-6-14(15)22/h4-10,18H,3H2,1-2H3,(H2,23,24,26). The van der Waals surface area contributed by atoms with Crippen molar-refractivity contribution >= 4 is 29.3 Å². The van der Waals surface area contributed by atoms with Gasteiger partial charge < -0.3 is 20.1 Å². The first-order valence-corrected chi connectivity index (χ1v) is 8.91. The Morgan fingerprint density at radius 3 is 2.54 bits per heavy atom. The molecule has 0 bridgehead atoms. The Morgan fingerprint density at radius 2 is 1.93 bits per heavy atom. The molecule has 1 atom stereocenters. The van der Waals surface area contributed by atoms with Gasteiger partial charge in [0.1, 0.15) is 11.6 Å². The smallest absolute Gasteiger partial charge is 0.338 e. The van der Waals surface area contributed by atoms with Crippen LogP contribution in [-0.4, -0.2) is 25.7 Å². The number of rotatable bonds is 5. The molecule has 1 aliphatic heterocycles. The van der Waals surface area contributed by atoms with Gasteiger partial charge in [-0.3, -0.25) is 0 Å². The number of carbonyl (C=O) groups is 2. The normalized spacial score (nSPS) is 16.3. The summed E-state index contributed by atoms with van der Waals surface area (Å²) in [5, 5.41) is 5.27. The quantitative estimate of drug-likeness (QED) is 0.743. The lowest BCUT2D eigenvalue weighted by atomic mass is 9.92. The highest BCUT2D eigenvalue weighted by molar-refractivity contribution is 6.31. The third kappa shape index (κ3) is 3.80. The van der Waals surface area contributed by atoms with E-state index in [9.17, 15) is 14.0 Å². The van der Waals surface area contributed by atoms with E-state index < -0.39 is 23.9 Å². The maximum Gasteiger partial charge on any atom is 0.338 e. The number of hydrogen-bond acceptors (Lipinski definition) is 4. The number of ether oxygens (including phenoxy) is 2. The summed E-state index contributed by atoms with van der Waals surface area (Å²) in [6.45, 7) is 1.77. The van der Waals surface area contributed by atoms with Gasteiger partial charge in [0.2, 0.25) is 0 Å². The minimum absolute atomic E-state index is 0.00641. The monoisotopic (exact) mass is 404 g/mol. The predicted molar refractivity (Wildman–Crippen MR) is 102 cm³/mol. The summed E-state index contributed by atoms with van der Waals surface area (Å²) in [5.74, 6) is -0.725. The predicted octanol–water partition coefficient (Wildman–Crippen LogP) is 3.82. The molecule has 146 valence electrons. The zero-order valence-electron chi connectivity index (χ0n) is 15.2. The summed E-state index contributed by atoms with van der Waals surface area (Å²) < 4.78 is 24.9. The molecule has 28 heavy (non-hydrogen) atoms. The second-order valence-corrected chi connectivity index (χ2v) is 6.31. The summed E-state index contributed by atoms with van der Waals surface area (Å²) in [4.78, 5) is 25.1. The number of hydrogen-bond donors (Lipinski definition) is 2. The zero-order valence-corrected chi connectivity index (χ0v) is 16.0. The van der Waals surface area contributed by atoms with E-state index >= 15 is 0 Å². The molecular weight excluding hydrogens is 387 g/mol. The van der Waals surface area contributed by atoms with Crippen LogP contribution in [0.3, 0.4) is 0 Å². The van der Waals surface area contributed by atoms with Gasteiger partial charge in [0.05, 0.1) is 31.0 Å². The van der Waals surface area contributed by atoms with Crippen molar-refractivity contribution in [3.8, 4) is 5.75 Å². The molecule has 6 nitrogen and oxygen atoms in total. The van der Waals surface area contributed by atoms with Crippen LogP contribution in [0.25, 0.3) is 5.70 Å². The maximum absolute atomic E-state index is 14.6. The van der Waals surface area contributed by atoms with Gasteiger partial charge in [0, 0.05) is 10.6 Å². The van der Waals surface area contributed by atoms with Crippen molar-refractivity contribution in [2.45, 2.75) is 13.0 Å². The van der Waals surface area contributed by atoms with Gasteiger partial charge in [0.25, 0.3) is 0 Å². The molecule has 0 saturated heterocycles. The summed E-state index contributed by atoms with van der Waals surface area (Å²) in [7, 11) is 1.53. The molecule has 8 heteroatoms. The first kappa shape index (κ1) is 19.7. The van der Waals surface area contributed by atoms with Crippen LogP contribution in [0.4, 0.5) is 9.18 Å². The minimum Gasteiger partial charge on any atom is -0.497 e. The molecule has 3 rings (SSSR count). The van der Waals surface area contributed by atoms with E-state index in [4.69, 9.17) is 21.1 Å². The van der Waals surface area contributed by atoms with Crippen molar-refractivity contribution in [2.24, 2.45) is 0 Å². The third-order valence-electron chi connectivity index (χ3n) is 4.23. The Labute approximate surface area is 166 Å². The van der Waals surface area contributed by atoms with Crippen molar-refractivity contribution in [1.29, 1.82) is 0 Å². The van der Waals surface area contributed by atoms with Crippen LogP contribution in [0.5, 0.6) is 5.75 Å². The van der Waals surface area contributed by atoms with Crippen LogP contribution in [0.2, 0.25) is 5.02 Å². The largest absolute Gasteiger partial charge is 0.497 e. The second kappa shape index (κ2) is 8.31. The Kier molecular flexibility index (Phi) is 5.84. The lowest BCUT2D eigenvalue weighted by Gasteiger charge is -2.30. The van der Waals surface area contributed by atoms with Crippen LogP contribution < -0.4 is 15.4 Å². The molecule has 2 amide bonds. The number of urea groups is 1. The van der Waals surface area contributed by atoms with Gasteiger partial charge in [-0.2, -0.15) is 0 Å². The first-order valence-electron chi connectivity index (χ1n) is 8.53. The molecule has 0 spiro atoms. The van der Waals surface area contributed by atoms with Gasteiger partial charge in [-0.25, -0.2) is 14.0 Å². The number of esters is 1. The molecule has 2 N–H and O–H groups in total. The molecule has 1 unspecified atom stereocenters. The van der Waals surface area contributed by atoms with Gasteiger partial charge in [0.15, 0.2) is 0 Å². The van der Waals surface area contributed by atoms with Crippen molar-refractivity contribution in [1.82, 2.24) is 10.6 Å². The van der Waals surface area contributed by atoms with Crippen molar-refractivity contribution in [2.75, 3.05) is 13.7 Å². The van der Waals surface area contributed by atoms with Crippen LogP contribution in [0.1, 0.15) is 24.1 Å². The first-order chi connectivity index (χ1) is 13.5. The Hall–Kier alpha value is -3.06. The molecule has 0 aliphatic carbocycles. The molecule has 0 saturated carbocycles.